The molecule has 0 aliphatic heterocycles. The highest BCUT2D eigenvalue weighted by molar-refractivity contribution is 6.44. The molecule has 80 valence electrons. The van der Waals surface area contributed by atoms with Gasteiger partial charge >= 0.3 is 0 Å². The van der Waals surface area contributed by atoms with Gasteiger partial charge in [-0.15, -0.1) is 0 Å². The van der Waals surface area contributed by atoms with Crippen molar-refractivity contribution >= 4 is 29.0 Å². The van der Waals surface area contributed by atoms with Gasteiger partial charge in [0.05, 0.1) is 15.7 Å². The van der Waals surface area contributed by atoms with Crippen molar-refractivity contribution in [2.24, 2.45) is 0 Å². The molecule has 0 N–H and O–H groups in total. The van der Waals surface area contributed by atoms with E-state index in [0.717, 1.165) is 27.7 Å². The maximum atomic E-state index is 6.31. The van der Waals surface area contributed by atoms with E-state index in [4.69, 9.17) is 23.5 Å². The molecule has 0 saturated heterocycles. The first-order chi connectivity index (χ1) is 8.41. The fourth-order valence-corrected chi connectivity index (χ4v) is 2.67. The molecule has 0 atom stereocenters. The summed E-state index contributed by atoms with van der Waals surface area (Å²) in [5.74, 6) is 0. The highest BCUT2D eigenvalue weighted by Crippen LogP contribution is 2.45. The lowest BCUT2D eigenvalue weighted by atomic mass is 9.49. The Morgan fingerprint density at radius 2 is 1.44 bits per heavy atom. The second-order valence-corrected chi connectivity index (χ2v) is 5.16. The van der Waals surface area contributed by atoms with Gasteiger partial charge in [0.1, 0.15) is 7.85 Å². The van der Waals surface area contributed by atoms with Gasteiger partial charge in [0, 0.05) is 0 Å². The maximum absolute atomic E-state index is 6.31. The lowest BCUT2D eigenvalue weighted by molar-refractivity contribution is 1.08. The van der Waals surface area contributed by atoms with E-state index >= 15 is 0 Å². The van der Waals surface area contributed by atoms with Crippen LogP contribution in [0.3, 0.4) is 0 Å². The molecule has 1 aliphatic carbocycles. The monoisotopic (exact) mass is 224 g/mol. The Morgan fingerprint density at radius 1 is 0.833 bits per heavy atom. The highest BCUT2D eigenvalue weighted by Gasteiger charge is 2.34. The van der Waals surface area contributed by atoms with Crippen LogP contribution in [-0.4, -0.2) is 23.5 Å². The van der Waals surface area contributed by atoms with Crippen molar-refractivity contribution in [1.29, 1.82) is 0 Å². The lowest BCUT2D eigenvalue weighted by Crippen LogP contribution is -2.26. The first kappa shape index (κ1) is 11.7. The van der Waals surface area contributed by atoms with Crippen LogP contribution in [0.25, 0.3) is 11.1 Å². The van der Waals surface area contributed by atoms with Crippen LogP contribution in [0, 0.1) is 13.8 Å². The fraction of sp³-hybridized carbons (Fsp3) is 0.200. The molecule has 2 aromatic rings. The van der Waals surface area contributed by atoms with Crippen LogP contribution in [-0.2, 0) is 5.21 Å². The van der Waals surface area contributed by atoms with Crippen LogP contribution >= 0.6 is 0 Å². The standard InChI is InChI=1S/C15H11B3/c1-8-5-11-12-7-10(16)3-4-13(12)15(17,18)14(11)6-9(8)2/h3-7H,1-2H3. The van der Waals surface area contributed by atoms with Crippen molar-refractivity contribution in [1.82, 2.24) is 0 Å². The van der Waals surface area contributed by atoms with E-state index in [9.17, 15) is 0 Å². The van der Waals surface area contributed by atoms with Gasteiger partial charge in [0.2, 0.25) is 0 Å². The van der Waals surface area contributed by atoms with E-state index in [1.807, 2.05) is 18.2 Å². The van der Waals surface area contributed by atoms with Crippen molar-refractivity contribution in [3.8, 4) is 11.1 Å². The predicted octanol–water partition coefficient (Wildman–Crippen LogP) is 1.62. The minimum atomic E-state index is -0.920. The third kappa shape index (κ3) is 1.43. The van der Waals surface area contributed by atoms with Crippen molar-refractivity contribution in [2.75, 3.05) is 0 Å². The molecule has 0 unspecified atom stereocenters. The van der Waals surface area contributed by atoms with Crippen LogP contribution in [0.4, 0.5) is 0 Å². The Labute approximate surface area is 112 Å². The zero-order chi connectivity index (χ0) is 13.1. The zero-order valence-corrected chi connectivity index (χ0v) is 10.6. The van der Waals surface area contributed by atoms with Gasteiger partial charge in [0.15, 0.2) is 0 Å². The Bertz CT molecular complexity index is 657. The van der Waals surface area contributed by atoms with E-state index < -0.39 is 5.21 Å². The summed E-state index contributed by atoms with van der Waals surface area (Å²) >= 11 is 0. The summed E-state index contributed by atoms with van der Waals surface area (Å²) in [6.45, 7) is 4.16. The molecule has 6 radical (unpaired) electrons. The van der Waals surface area contributed by atoms with Gasteiger partial charge in [-0.2, -0.15) is 0 Å². The minimum absolute atomic E-state index is 0.732. The van der Waals surface area contributed by atoms with Crippen LogP contribution in [0.2, 0.25) is 0 Å². The molecule has 2 aromatic carbocycles. The Hall–Kier alpha value is -1.37. The maximum Gasteiger partial charge on any atom is 0.113 e. The molecule has 0 nitrogen and oxygen atoms in total. The first-order valence-corrected chi connectivity index (χ1v) is 6.01. The normalized spacial score (nSPS) is 15.2. The van der Waals surface area contributed by atoms with Gasteiger partial charge < -0.3 is 0 Å². The summed E-state index contributed by atoms with van der Waals surface area (Å²) in [6, 6.07) is 9.95. The summed E-state index contributed by atoms with van der Waals surface area (Å²) in [6.07, 6.45) is 0. The molecule has 0 heterocycles. The topological polar surface area (TPSA) is 0 Å². The van der Waals surface area contributed by atoms with Gasteiger partial charge in [0.25, 0.3) is 0 Å². The summed E-state index contributed by atoms with van der Waals surface area (Å²) < 4.78 is 0. The predicted molar refractivity (Wildman–Crippen MR) is 79.0 cm³/mol. The third-order valence-electron chi connectivity index (χ3n) is 3.86. The number of hydrogen-bond donors (Lipinski definition) is 0. The molecule has 0 saturated carbocycles. The number of aryl methyl sites for hydroxylation is 2. The first-order valence-electron chi connectivity index (χ1n) is 6.01. The van der Waals surface area contributed by atoms with E-state index in [2.05, 4.69) is 26.0 Å². The highest BCUT2D eigenvalue weighted by atomic mass is 14.3. The number of rotatable bonds is 0. The smallest absolute Gasteiger partial charge is 0.0960 e. The van der Waals surface area contributed by atoms with E-state index in [1.165, 1.54) is 11.1 Å². The molecule has 0 fully saturated rings. The Kier molecular flexibility index (Phi) is 2.32. The zero-order valence-electron chi connectivity index (χ0n) is 10.6. The number of hydrogen-bond acceptors (Lipinski definition) is 0. The van der Waals surface area contributed by atoms with Crippen molar-refractivity contribution in [3.05, 3.63) is 52.6 Å². The van der Waals surface area contributed by atoms with E-state index in [1.54, 1.807) is 0 Å². The fourth-order valence-electron chi connectivity index (χ4n) is 2.67. The van der Waals surface area contributed by atoms with Crippen molar-refractivity contribution in [2.45, 2.75) is 19.1 Å². The third-order valence-corrected chi connectivity index (χ3v) is 3.86. The second-order valence-electron chi connectivity index (χ2n) is 5.16. The molecular formula is C15H11B3. The molecule has 0 aromatic heterocycles. The molecular weight excluding hydrogens is 213 g/mol. The minimum Gasteiger partial charge on any atom is -0.0960 e. The Morgan fingerprint density at radius 3 is 2.17 bits per heavy atom. The average Bonchev–Trinajstić information content (AvgIpc) is 2.50. The number of benzene rings is 2. The van der Waals surface area contributed by atoms with Crippen LogP contribution in [0.5, 0.6) is 0 Å². The van der Waals surface area contributed by atoms with E-state index in [-0.39, 0.29) is 0 Å². The Balaban J connectivity index is 2.40. The van der Waals surface area contributed by atoms with E-state index in [0.29, 0.717) is 0 Å². The molecule has 0 bridgehead atoms. The largest absolute Gasteiger partial charge is 0.113 e. The quantitative estimate of drug-likeness (QED) is 0.596. The summed E-state index contributed by atoms with van der Waals surface area (Å²) in [7, 11) is 18.5. The van der Waals surface area contributed by atoms with Crippen molar-refractivity contribution < 1.29 is 0 Å². The number of fused-ring (bicyclic) bond motifs is 3. The second kappa shape index (κ2) is 3.57. The molecule has 0 spiro atoms. The van der Waals surface area contributed by atoms with Gasteiger partial charge in [-0.25, -0.2) is 0 Å². The molecule has 3 rings (SSSR count). The van der Waals surface area contributed by atoms with Gasteiger partial charge in [-0.05, 0) is 47.2 Å². The SMILES string of the molecule is [B]c1ccc2c(c1)-c1cc(C)c(C)cc1C2([B])[B]. The molecule has 18 heavy (non-hydrogen) atoms. The van der Waals surface area contributed by atoms with Crippen molar-refractivity contribution in [3.63, 3.8) is 0 Å². The van der Waals surface area contributed by atoms with Crippen LogP contribution < -0.4 is 5.46 Å². The molecule has 3 heteroatoms. The summed E-state index contributed by atoms with van der Waals surface area (Å²) in [4.78, 5) is 0. The lowest BCUT2D eigenvalue weighted by Gasteiger charge is -2.23. The average molecular weight is 224 g/mol. The molecule has 0 amide bonds. The van der Waals surface area contributed by atoms with Crippen LogP contribution in [0.15, 0.2) is 30.3 Å². The molecule has 1 aliphatic rings. The summed E-state index contributed by atoms with van der Waals surface area (Å²) in [5, 5.41) is -0.920. The summed E-state index contributed by atoms with van der Waals surface area (Å²) in [5.41, 5.74) is 7.25. The van der Waals surface area contributed by atoms with Crippen LogP contribution in [0.1, 0.15) is 22.3 Å². The van der Waals surface area contributed by atoms with Gasteiger partial charge in [-0.3, -0.25) is 0 Å². The van der Waals surface area contributed by atoms with Gasteiger partial charge in [-0.1, -0.05) is 41.0 Å².